The first-order valence-corrected chi connectivity index (χ1v) is 5.88. The zero-order chi connectivity index (χ0) is 15.0. The van der Waals surface area contributed by atoms with Crippen LogP contribution >= 0.6 is 0 Å². The lowest BCUT2D eigenvalue weighted by atomic mass is 10.1. The van der Waals surface area contributed by atoms with Gasteiger partial charge in [0.25, 0.3) is 5.92 Å². The van der Waals surface area contributed by atoms with Crippen molar-refractivity contribution in [3.8, 4) is 0 Å². The number of carbonyl (C=O) groups excluding carboxylic acids is 3. The Morgan fingerprint density at radius 2 is 1.65 bits per heavy atom. The second-order valence-corrected chi connectivity index (χ2v) is 3.72. The molecule has 7 nitrogen and oxygen atoms in total. The minimum atomic E-state index is -1.83. The number of esters is 2. The number of ether oxygens (including phenoxy) is 2. The van der Waals surface area contributed by atoms with E-state index in [2.05, 4.69) is 15.5 Å². The zero-order valence-electron chi connectivity index (χ0n) is 10.9. The smallest absolute Gasteiger partial charge is 0.350 e. The molecular formula is C13H15NO6. The largest absolute Gasteiger partial charge is 0.465 e. The average molecular weight is 281 g/mol. The fraction of sp³-hybridized carbons (Fsp3) is 0.308. The highest BCUT2D eigenvalue weighted by Crippen LogP contribution is 2.08. The van der Waals surface area contributed by atoms with Gasteiger partial charge in [-0.1, -0.05) is 30.3 Å². The second-order valence-electron chi connectivity index (χ2n) is 3.72. The Labute approximate surface area is 115 Å². The maximum absolute atomic E-state index is 11.8. The van der Waals surface area contributed by atoms with Gasteiger partial charge in [-0.25, -0.2) is 4.79 Å². The molecule has 0 amide bonds. The van der Waals surface area contributed by atoms with Crippen molar-refractivity contribution < 1.29 is 28.7 Å². The van der Waals surface area contributed by atoms with Crippen LogP contribution in [0.25, 0.3) is 0 Å². The highest BCUT2D eigenvalue weighted by molar-refractivity contribution is 6.12. The lowest BCUT2D eigenvalue weighted by Crippen LogP contribution is -2.37. The Hall–Kier alpha value is -2.41. The van der Waals surface area contributed by atoms with Crippen molar-refractivity contribution in [2.45, 2.75) is 13.5 Å². The Bertz CT molecular complexity index is 473. The van der Waals surface area contributed by atoms with Crippen LogP contribution in [0.2, 0.25) is 0 Å². The van der Waals surface area contributed by atoms with E-state index in [0.29, 0.717) is 5.56 Å². The van der Waals surface area contributed by atoms with Crippen LogP contribution in [0.4, 0.5) is 0 Å². The summed E-state index contributed by atoms with van der Waals surface area (Å²) in [6.45, 7) is 1.48. The van der Waals surface area contributed by atoms with Crippen LogP contribution in [0.5, 0.6) is 0 Å². The van der Waals surface area contributed by atoms with E-state index in [4.69, 9.17) is 4.74 Å². The number of hydrogen-bond donors (Lipinski definition) is 1. The third-order valence-electron chi connectivity index (χ3n) is 2.33. The topological polar surface area (TPSA) is 105 Å². The lowest BCUT2D eigenvalue weighted by Gasteiger charge is -2.12. The molecule has 1 rings (SSSR count). The van der Waals surface area contributed by atoms with E-state index in [9.17, 15) is 14.4 Å². The molecule has 0 bridgehead atoms. The first-order valence-electron chi connectivity index (χ1n) is 5.88. The first kappa shape index (κ1) is 15.6. The summed E-state index contributed by atoms with van der Waals surface area (Å²) in [7, 11) is 0. The van der Waals surface area contributed by atoms with E-state index < -0.39 is 23.8 Å². The van der Waals surface area contributed by atoms with Gasteiger partial charge in [-0.2, -0.15) is 5.90 Å². The normalized spacial score (nSPS) is 11.3. The van der Waals surface area contributed by atoms with E-state index in [0.717, 1.165) is 0 Å². The van der Waals surface area contributed by atoms with E-state index >= 15 is 0 Å². The van der Waals surface area contributed by atoms with Crippen molar-refractivity contribution in [3.05, 3.63) is 35.9 Å². The van der Waals surface area contributed by atoms with Crippen LogP contribution in [-0.4, -0.2) is 24.5 Å². The van der Waals surface area contributed by atoms with E-state index in [1.54, 1.807) is 30.3 Å². The molecular weight excluding hydrogens is 266 g/mol. The van der Waals surface area contributed by atoms with Gasteiger partial charge >= 0.3 is 17.9 Å². The summed E-state index contributed by atoms with van der Waals surface area (Å²) in [5.74, 6) is -0.485. The van der Waals surface area contributed by atoms with Crippen LogP contribution in [0, 0.1) is 5.92 Å². The second kappa shape index (κ2) is 7.90. The summed E-state index contributed by atoms with van der Waals surface area (Å²) in [5.41, 5.74) is 0.713. The molecule has 108 valence electrons. The lowest BCUT2D eigenvalue weighted by molar-refractivity contribution is -0.173. The fourth-order valence-corrected chi connectivity index (χ4v) is 1.39. The molecule has 0 saturated heterocycles. The predicted octanol–water partition coefficient (Wildman–Crippen LogP) is 0.326. The van der Waals surface area contributed by atoms with Gasteiger partial charge in [-0.05, 0) is 12.5 Å². The molecule has 1 aromatic rings. The minimum absolute atomic E-state index is 0.0130. The van der Waals surface area contributed by atoms with E-state index in [1.165, 1.54) is 6.92 Å². The summed E-state index contributed by atoms with van der Waals surface area (Å²) in [6, 6.07) is 8.79. The van der Waals surface area contributed by atoms with Gasteiger partial charge in [0.15, 0.2) is 0 Å². The molecule has 0 spiro atoms. The molecule has 20 heavy (non-hydrogen) atoms. The molecule has 1 aromatic carbocycles. The van der Waals surface area contributed by atoms with Gasteiger partial charge in [0.2, 0.25) is 0 Å². The summed E-state index contributed by atoms with van der Waals surface area (Å²) in [4.78, 5) is 38.5. The van der Waals surface area contributed by atoms with Crippen molar-refractivity contribution in [2.75, 3.05) is 6.61 Å². The number of carbonyl (C=O) groups is 3. The maximum Gasteiger partial charge on any atom is 0.350 e. The minimum Gasteiger partial charge on any atom is -0.465 e. The average Bonchev–Trinajstić information content (AvgIpc) is 2.46. The SMILES string of the molecule is CCOC(=O)C(C(=O)ON)C(=O)OCc1ccccc1. The number of hydrogen-bond acceptors (Lipinski definition) is 7. The Morgan fingerprint density at radius 1 is 1.05 bits per heavy atom. The fourth-order valence-electron chi connectivity index (χ4n) is 1.39. The summed E-state index contributed by atoms with van der Waals surface area (Å²) in [6.07, 6.45) is 0. The van der Waals surface area contributed by atoms with E-state index in [1.807, 2.05) is 0 Å². The third kappa shape index (κ3) is 4.36. The molecule has 1 unspecified atom stereocenters. The van der Waals surface area contributed by atoms with Crippen LogP contribution in [0.3, 0.4) is 0 Å². The van der Waals surface area contributed by atoms with Crippen LogP contribution in [0.1, 0.15) is 12.5 Å². The van der Waals surface area contributed by atoms with Crippen molar-refractivity contribution in [1.82, 2.24) is 0 Å². The van der Waals surface area contributed by atoms with Crippen LogP contribution in [0.15, 0.2) is 30.3 Å². The van der Waals surface area contributed by atoms with Crippen molar-refractivity contribution in [2.24, 2.45) is 11.8 Å². The zero-order valence-corrected chi connectivity index (χ0v) is 10.9. The first-order chi connectivity index (χ1) is 9.60. The molecule has 1 atom stereocenters. The Kier molecular flexibility index (Phi) is 6.18. The van der Waals surface area contributed by atoms with Crippen LogP contribution in [-0.2, 0) is 35.3 Å². The predicted molar refractivity (Wildman–Crippen MR) is 66.6 cm³/mol. The molecule has 0 aliphatic heterocycles. The molecule has 0 radical (unpaired) electrons. The van der Waals surface area contributed by atoms with Crippen molar-refractivity contribution in [1.29, 1.82) is 0 Å². The monoisotopic (exact) mass is 281 g/mol. The van der Waals surface area contributed by atoms with E-state index in [-0.39, 0.29) is 13.2 Å². The van der Waals surface area contributed by atoms with Crippen LogP contribution < -0.4 is 5.90 Å². The molecule has 7 heteroatoms. The van der Waals surface area contributed by atoms with Gasteiger partial charge in [0.05, 0.1) is 6.61 Å². The third-order valence-corrected chi connectivity index (χ3v) is 2.33. The standard InChI is InChI=1S/C13H15NO6/c1-2-18-11(15)10(13(17)20-14)12(16)19-8-9-6-4-3-5-7-9/h3-7,10H,2,8,14H2,1H3. The molecule has 0 aromatic heterocycles. The molecule has 0 aliphatic rings. The molecule has 0 aliphatic carbocycles. The van der Waals surface area contributed by atoms with Gasteiger partial charge < -0.3 is 14.3 Å². The molecule has 2 N–H and O–H groups in total. The highest BCUT2D eigenvalue weighted by Gasteiger charge is 2.38. The van der Waals surface area contributed by atoms with Crippen molar-refractivity contribution in [3.63, 3.8) is 0 Å². The summed E-state index contributed by atoms with van der Waals surface area (Å²) in [5, 5.41) is 0. The Balaban J connectivity index is 2.68. The highest BCUT2D eigenvalue weighted by atomic mass is 16.7. The van der Waals surface area contributed by atoms with Gasteiger partial charge in [0.1, 0.15) is 6.61 Å². The number of benzene rings is 1. The van der Waals surface area contributed by atoms with Gasteiger partial charge in [-0.3, -0.25) is 9.59 Å². The molecule has 0 saturated carbocycles. The summed E-state index contributed by atoms with van der Waals surface area (Å²) >= 11 is 0. The Morgan fingerprint density at radius 3 is 2.20 bits per heavy atom. The van der Waals surface area contributed by atoms with Crippen molar-refractivity contribution >= 4 is 17.9 Å². The molecule has 0 fully saturated rings. The quantitative estimate of drug-likeness (QED) is 0.455. The number of rotatable bonds is 6. The number of nitrogens with two attached hydrogens (primary N) is 1. The summed E-state index contributed by atoms with van der Waals surface area (Å²) < 4.78 is 9.49. The molecule has 0 heterocycles. The maximum atomic E-state index is 11.8. The van der Waals surface area contributed by atoms with Gasteiger partial charge in [0, 0.05) is 0 Å². The van der Waals surface area contributed by atoms with Gasteiger partial charge in [-0.15, -0.1) is 0 Å².